The highest BCUT2D eigenvalue weighted by Crippen LogP contribution is 2.34. The van der Waals surface area contributed by atoms with Gasteiger partial charge in [-0.05, 0) is 61.2 Å². The van der Waals surface area contributed by atoms with Gasteiger partial charge in [-0.2, -0.15) is 0 Å². The van der Waals surface area contributed by atoms with Gasteiger partial charge >= 0.3 is 0 Å². The fourth-order valence-electron chi connectivity index (χ4n) is 3.32. The number of carbonyl (C=O) groups excluding carboxylic acids is 1. The van der Waals surface area contributed by atoms with Crippen LogP contribution in [0.15, 0.2) is 42.5 Å². The number of carbonyl (C=O) groups is 1. The maximum atomic E-state index is 12.5. The third kappa shape index (κ3) is 3.54. The van der Waals surface area contributed by atoms with Gasteiger partial charge in [-0.15, -0.1) is 0 Å². The Hall–Kier alpha value is -2.34. The Morgan fingerprint density at radius 1 is 1.24 bits per heavy atom. The molecule has 0 spiro atoms. The normalized spacial score (nSPS) is 16.6. The predicted molar refractivity (Wildman–Crippen MR) is 101 cm³/mol. The zero-order valence-electron chi connectivity index (χ0n) is 14.6. The molecular weight excluding hydrogens is 336 g/mol. The summed E-state index contributed by atoms with van der Waals surface area (Å²) in [5, 5.41) is 2.91. The van der Waals surface area contributed by atoms with Crippen molar-refractivity contribution in [3.8, 4) is 0 Å². The van der Waals surface area contributed by atoms with Gasteiger partial charge in [0, 0.05) is 17.3 Å². The molecule has 1 N–H and O–H groups in total. The van der Waals surface area contributed by atoms with Crippen LogP contribution in [-0.2, 0) is 22.9 Å². The second kappa shape index (κ2) is 6.52. The number of nitrogens with one attached hydrogen (secondary N) is 1. The molecule has 0 bridgehead atoms. The second-order valence-corrected chi connectivity index (χ2v) is 8.32. The highest BCUT2D eigenvalue weighted by Gasteiger charge is 2.32. The fourth-order valence-corrected chi connectivity index (χ4v) is 4.59. The molecule has 6 heteroatoms. The molecule has 2 aromatic rings. The lowest BCUT2D eigenvalue weighted by Gasteiger charge is -2.21. The molecule has 0 aromatic heterocycles. The largest absolute Gasteiger partial charge is 0.322 e. The van der Waals surface area contributed by atoms with Crippen LogP contribution in [0.5, 0.6) is 0 Å². The second-order valence-electron chi connectivity index (χ2n) is 6.46. The molecule has 5 nitrogen and oxygen atoms in total. The molecule has 1 amide bonds. The molecule has 1 atom stereocenters. The number of anilines is 2. The summed E-state index contributed by atoms with van der Waals surface area (Å²) in [5.74, 6) is -0.193. The van der Waals surface area contributed by atoms with E-state index >= 15 is 0 Å². The number of nitrogens with zero attached hydrogens (tertiary/aromatic N) is 1. The summed E-state index contributed by atoms with van der Waals surface area (Å²) in [7, 11) is -3.32. The number of aryl methyl sites for hydroxylation is 1. The Kier molecular flexibility index (Phi) is 4.56. The molecule has 0 aliphatic carbocycles. The van der Waals surface area contributed by atoms with Crippen molar-refractivity contribution in [1.82, 2.24) is 0 Å². The van der Waals surface area contributed by atoms with Crippen molar-refractivity contribution in [2.75, 3.05) is 15.9 Å². The molecule has 1 aliphatic rings. The smallest absolute Gasteiger partial charge is 0.255 e. The number of hydrogen-bond acceptors (Lipinski definition) is 3. The predicted octanol–water partition coefficient (Wildman–Crippen LogP) is 3.21. The lowest BCUT2D eigenvalue weighted by atomic mass is 10.1. The van der Waals surface area contributed by atoms with Gasteiger partial charge in [0.05, 0.1) is 11.9 Å². The van der Waals surface area contributed by atoms with E-state index in [1.54, 1.807) is 18.2 Å². The summed E-state index contributed by atoms with van der Waals surface area (Å²) in [6, 6.07) is 12.8. The average molecular weight is 358 g/mol. The van der Waals surface area contributed by atoms with Crippen LogP contribution in [0.1, 0.15) is 35.3 Å². The van der Waals surface area contributed by atoms with E-state index in [4.69, 9.17) is 0 Å². The van der Waals surface area contributed by atoms with E-state index in [2.05, 4.69) is 12.2 Å². The summed E-state index contributed by atoms with van der Waals surface area (Å²) in [6.45, 7) is 3.94. The van der Waals surface area contributed by atoms with Crippen molar-refractivity contribution >= 4 is 27.3 Å². The number of hydrogen-bond donors (Lipinski definition) is 1. The van der Waals surface area contributed by atoms with E-state index in [9.17, 15) is 13.2 Å². The van der Waals surface area contributed by atoms with Crippen molar-refractivity contribution in [3.63, 3.8) is 0 Å². The maximum Gasteiger partial charge on any atom is 0.255 e. The number of benzene rings is 2. The van der Waals surface area contributed by atoms with Crippen LogP contribution in [-0.4, -0.2) is 26.6 Å². The first kappa shape index (κ1) is 17.5. The van der Waals surface area contributed by atoms with Gasteiger partial charge in [-0.3, -0.25) is 9.10 Å². The Morgan fingerprint density at radius 3 is 2.68 bits per heavy atom. The van der Waals surface area contributed by atoms with Crippen molar-refractivity contribution in [1.29, 1.82) is 0 Å². The quantitative estimate of drug-likeness (QED) is 0.913. The van der Waals surface area contributed by atoms with E-state index in [1.807, 2.05) is 31.2 Å². The fraction of sp³-hybridized carbons (Fsp3) is 0.316. The van der Waals surface area contributed by atoms with Crippen LogP contribution < -0.4 is 9.62 Å². The van der Waals surface area contributed by atoms with E-state index in [0.717, 1.165) is 23.2 Å². The van der Waals surface area contributed by atoms with E-state index < -0.39 is 10.0 Å². The molecule has 1 aliphatic heterocycles. The molecule has 0 radical (unpaired) electrons. The molecule has 0 fully saturated rings. The lowest BCUT2D eigenvalue weighted by Crippen LogP contribution is -2.34. The maximum absolute atomic E-state index is 12.5. The van der Waals surface area contributed by atoms with Crippen LogP contribution in [0.25, 0.3) is 0 Å². The topological polar surface area (TPSA) is 66.5 Å². The van der Waals surface area contributed by atoms with Crippen LogP contribution >= 0.6 is 0 Å². The third-order valence-corrected chi connectivity index (χ3v) is 5.72. The zero-order chi connectivity index (χ0) is 18.2. The van der Waals surface area contributed by atoms with Gasteiger partial charge in [-0.1, -0.05) is 19.1 Å². The number of amides is 1. The Morgan fingerprint density at radius 2 is 2.00 bits per heavy atom. The number of fused-ring (bicyclic) bond motifs is 1. The first-order chi connectivity index (χ1) is 11.8. The highest BCUT2D eigenvalue weighted by molar-refractivity contribution is 7.92. The average Bonchev–Trinajstić information content (AvgIpc) is 2.89. The van der Waals surface area contributed by atoms with Gasteiger partial charge in [0.15, 0.2) is 0 Å². The van der Waals surface area contributed by atoms with Crippen molar-refractivity contribution in [2.45, 2.75) is 32.7 Å². The first-order valence-electron chi connectivity index (χ1n) is 8.32. The molecule has 25 heavy (non-hydrogen) atoms. The zero-order valence-corrected chi connectivity index (χ0v) is 15.4. The van der Waals surface area contributed by atoms with Crippen LogP contribution in [0.4, 0.5) is 11.4 Å². The number of sulfonamides is 1. The Bertz CT molecular complexity index is 922. The molecule has 0 unspecified atom stereocenters. The summed E-state index contributed by atoms with van der Waals surface area (Å²) in [6.07, 6.45) is 2.72. The number of rotatable bonds is 4. The Labute approximate surface area is 148 Å². The summed E-state index contributed by atoms with van der Waals surface area (Å²) < 4.78 is 25.4. The van der Waals surface area contributed by atoms with Crippen LogP contribution in [0, 0.1) is 0 Å². The van der Waals surface area contributed by atoms with E-state index in [1.165, 1.54) is 10.6 Å². The van der Waals surface area contributed by atoms with Gasteiger partial charge in [0.25, 0.3) is 5.91 Å². The molecule has 2 aromatic carbocycles. The monoisotopic (exact) mass is 358 g/mol. The molecule has 0 saturated heterocycles. The van der Waals surface area contributed by atoms with Crippen molar-refractivity contribution in [3.05, 3.63) is 59.2 Å². The van der Waals surface area contributed by atoms with Crippen molar-refractivity contribution in [2.24, 2.45) is 0 Å². The van der Waals surface area contributed by atoms with Gasteiger partial charge in [-0.25, -0.2) is 8.42 Å². The summed E-state index contributed by atoms with van der Waals surface area (Å²) in [5.41, 5.74) is 4.00. The summed E-state index contributed by atoms with van der Waals surface area (Å²) >= 11 is 0. The molecular formula is C19H22N2O3S. The molecule has 0 saturated carbocycles. The standard InChI is InChI=1S/C19H22N2O3S/c1-4-14-6-5-7-17(11-14)20-19(22)15-8-9-18-16(12-15)10-13(2)21(18)25(3,23)24/h5-9,11-13H,4,10H2,1-3H3,(H,20,22)/t13-/m0/s1. The Balaban J connectivity index is 1.85. The molecule has 1 heterocycles. The highest BCUT2D eigenvalue weighted by atomic mass is 32.2. The molecule has 132 valence electrons. The van der Waals surface area contributed by atoms with Crippen molar-refractivity contribution < 1.29 is 13.2 Å². The first-order valence-corrected chi connectivity index (χ1v) is 10.2. The van der Waals surface area contributed by atoms with E-state index in [-0.39, 0.29) is 11.9 Å². The van der Waals surface area contributed by atoms with Gasteiger partial charge in [0.2, 0.25) is 10.0 Å². The van der Waals surface area contributed by atoms with E-state index in [0.29, 0.717) is 17.7 Å². The minimum Gasteiger partial charge on any atom is -0.322 e. The minimum absolute atomic E-state index is 0.135. The van der Waals surface area contributed by atoms with Gasteiger partial charge < -0.3 is 5.32 Å². The third-order valence-electron chi connectivity index (χ3n) is 4.45. The van der Waals surface area contributed by atoms with Crippen LogP contribution in [0.3, 0.4) is 0 Å². The SMILES string of the molecule is CCc1cccc(NC(=O)c2ccc3c(c2)C[C@H](C)N3S(C)(=O)=O)c1. The van der Waals surface area contributed by atoms with Gasteiger partial charge in [0.1, 0.15) is 0 Å². The lowest BCUT2D eigenvalue weighted by molar-refractivity contribution is 0.102. The summed E-state index contributed by atoms with van der Waals surface area (Å²) in [4.78, 5) is 12.5. The van der Waals surface area contributed by atoms with Crippen LogP contribution in [0.2, 0.25) is 0 Å². The minimum atomic E-state index is -3.32. The molecule has 3 rings (SSSR count).